The van der Waals surface area contributed by atoms with Gasteiger partial charge < -0.3 is 9.47 Å². The van der Waals surface area contributed by atoms with E-state index in [1.54, 1.807) is 4.90 Å². The number of aromatic nitrogens is 2. The maximum absolute atomic E-state index is 12.9. The molecule has 3 amide bonds. The van der Waals surface area contributed by atoms with Crippen molar-refractivity contribution in [2.45, 2.75) is 45.3 Å². The number of nitrogens with one attached hydrogen (secondary N) is 1. The van der Waals surface area contributed by atoms with Gasteiger partial charge in [0.1, 0.15) is 11.9 Å². The van der Waals surface area contributed by atoms with Crippen LogP contribution in [0.2, 0.25) is 0 Å². The van der Waals surface area contributed by atoms with Crippen LogP contribution in [0.5, 0.6) is 0 Å². The van der Waals surface area contributed by atoms with Crippen LogP contribution in [0.25, 0.3) is 22.6 Å². The number of hydrogen-bond donors (Lipinski definition) is 1. The molecule has 7 heteroatoms. The highest BCUT2D eigenvalue weighted by atomic mass is 16.2. The Balaban J connectivity index is 1.47. The molecule has 7 nitrogen and oxygen atoms in total. The predicted molar refractivity (Wildman–Crippen MR) is 120 cm³/mol. The summed E-state index contributed by atoms with van der Waals surface area (Å²) in [5, 5.41) is 2.34. The molecule has 2 aromatic carbocycles. The molecule has 0 radical (unpaired) electrons. The van der Waals surface area contributed by atoms with E-state index in [0.717, 1.165) is 28.2 Å². The van der Waals surface area contributed by atoms with Crippen molar-refractivity contribution in [2.24, 2.45) is 0 Å². The van der Waals surface area contributed by atoms with E-state index >= 15 is 0 Å². The average Bonchev–Trinajstić information content (AvgIpc) is 3.37. The normalized spacial score (nSPS) is 18.3. The standard InChI is InChI=1S/C25H24N4O3/c1-15(2)28-14-20(26-23(28)16-6-4-3-5-7-16)17-8-9-19-18(12-17)13-29(25(19)32)21-10-11-22(30)27-24(21)31/h3-9,12,14-15,21H,10-11,13H2,1-2H3,(H,27,30,31). The summed E-state index contributed by atoms with van der Waals surface area (Å²) in [6.45, 7) is 4.60. The second-order valence-electron chi connectivity index (χ2n) is 8.59. The smallest absolute Gasteiger partial charge is 0.255 e. The van der Waals surface area contributed by atoms with Gasteiger partial charge in [-0.3, -0.25) is 19.7 Å². The van der Waals surface area contributed by atoms with Crippen molar-refractivity contribution in [3.63, 3.8) is 0 Å². The monoisotopic (exact) mass is 428 g/mol. The largest absolute Gasteiger partial charge is 0.328 e. The Labute approximate surface area is 186 Å². The van der Waals surface area contributed by atoms with Gasteiger partial charge in [-0.2, -0.15) is 0 Å². The number of rotatable bonds is 4. The van der Waals surface area contributed by atoms with Crippen LogP contribution in [0, 0.1) is 0 Å². The van der Waals surface area contributed by atoms with Crippen molar-refractivity contribution in [3.8, 4) is 22.6 Å². The molecular formula is C25H24N4O3. The lowest BCUT2D eigenvalue weighted by Crippen LogP contribution is -2.52. The topological polar surface area (TPSA) is 84.3 Å². The second-order valence-corrected chi connectivity index (χ2v) is 8.59. The van der Waals surface area contributed by atoms with E-state index in [-0.39, 0.29) is 24.3 Å². The van der Waals surface area contributed by atoms with Crippen LogP contribution in [0.3, 0.4) is 0 Å². The lowest BCUT2D eigenvalue weighted by molar-refractivity contribution is -0.136. The van der Waals surface area contributed by atoms with E-state index in [1.807, 2.05) is 54.7 Å². The van der Waals surface area contributed by atoms with Gasteiger partial charge >= 0.3 is 0 Å². The van der Waals surface area contributed by atoms with Gasteiger partial charge in [-0.1, -0.05) is 36.4 Å². The Morgan fingerprint density at radius 2 is 1.81 bits per heavy atom. The summed E-state index contributed by atoms with van der Waals surface area (Å²) < 4.78 is 2.15. The van der Waals surface area contributed by atoms with Gasteiger partial charge in [0.25, 0.3) is 5.91 Å². The van der Waals surface area contributed by atoms with Gasteiger partial charge in [0.05, 0.1) is 5.69 Å². The summed E-state index contributed by atoms with van der Waals surface area (Å²) in [5.41, 5.74) is 4.29. The number of imidazole rings is 1. The molecule has 1 N–H and O–H groups in total. The zero-order chi connectivity index (χ0) is 22.4. The zero-order valence-electron chi connectivity index (χ0n) is 18.0. The third-order valence-corrected chi connectivity index (χ3v) is 6.14. The summed E-state index contributed by atoms with van der Waals surface area (Å²) in [4.78, 5) is 43.2. The summed E-state index contributed by atoms with van der Waals surface area (Å²) >= 11 is 0. The first kappa shape index (κ1) is 20.2. The van der Waals surface area contributed by atoms with Crippen molar-refractivity contribution in [1.82, 2.24) is 19.8 Å². The third kappa shape index (κ3) is 3.39. The zero-order valence-corrected chi connectivity index (χ0v) is 18.0. The van der Waals surface area contributed by atoms with Gasteiger partial charge in [0.2, 0.25) is 11.8 Å². The first-order valence-electron chi connectivity index (χ1n) is 10.8. The minimum Gasteiger partial charge on any atom is -0.328 e. The summed E-state index contributed by atoms with van der Waals surface area (Å²) in [5.74, 6) is 0.0505. The van der Waals surface area contributed by atoms with Gasteiger partial charge in [-0.25, -0.2) is 4.98 Å². The molecule has 0 aliphatic carbocycles. The SMILES string of the molecule is CC(C)n1cc(-c2ccc3c(c2)CN(C2CCC(=O)NC2=O)C3=O)nc1-c1ccccc1. The summed E-state index contributed by atoms with van der Waals surface area (Å²) in [6, 6.07) is 15.4. The van der Waals surface area contributed by atoms with E-state index < -0.39 is 11.9 Å². The first-order valence-corrected chi connectivity index (χ1v) is 10.8. The molecule has 162 valence electrons. The number of nitrogens with zero attached hydrogens (tertiary/aromatic N) is 3. The highest BCUT2D eigenvalue weighted by molar-refractivity contribution is 6.05. The Hall–Kier alpha value is -3.74. The van der Waals surface area contributed by atoms with Crippen LogP contribution >= 0.6 is 0 Å². The van der Waals surface area contributed by atoms with Gasteiger partial charge in [0, 0.05) is 41.9 Å². The lowest BCUT2D eigenvalue weighted by Gasteiger charge is -2.29. The first-order chi connectivity index (χ1) is 15.4. The quantitative estimate of drug-likeness (QED) is 0.644. The number of piperidine rings is 1. The van der Waals surface area contributed by atoms with Gasteiger partial charge in [0.15, 0.2) is 0 Å². The molecule has 1 aromatic heterocycles. The number of fused-ring (bicyclic) bond motifs is 1. The number of carbonyl (C=O) groups excluding carboxylic acids is 3. The number of amides is 3. The highest BCUT2D eigenvalue weighted by Gasteiger charge is 2.39. The fraction of sp³-hybridized carbons (Fsp3) is 0.280. The summed E-state index contributed by atoms with van der Waals surface area (Å²) in [6.07, 6.45) is 2.65. The molecule has 2 aliphatic heterocycles. The Morgan fingerprint density at radius 1 is 1.03 bits per heavy atom. The Bertz CT molecular complexity index is 1230. The van der Waals surface area contributed by atoms with Crippen LogP contribution in [-0.2, 0) is 16.1 Å². The maximum Gasteiger partial charge on any atom is 0.255 e. The Morgan fingerprint density at radius 3 is 2.53 bits per heavy atom. The number of benzene rings is 2. The van der Waals surface area contributed by atoms with Crippen LogP contribution < -0.4 is 5.32 Å². The van der Waals surface area contributed by atoms with E-state index in [4.69, 9.17) is 4.98 Å². The molecule has 0 spiro atoms. The van der Waals surface area contributed by atoms with Crippen LogP contribution in [0.4, 0.5) is 0 Å². The number of hydrogen-bond acceptors (Lipinski definition) is 4. The van der Waals surface area contributed by atoms with Crippen molar-refractivity contribution in [1.29, 1.82) is 0 Å². The molecular weight excluding hydrogens is 404 g/mol. The second kappa shape index (κ2) is 7.75. The van der Waals surface area contributed by atoms with Crippen LogP contribution in [0.1, 0.15) is 48.7 Å². The Kier molecular flexibility index (Phi) is 4.89. The molecule has 1 unspecified atom stereocenters. The minimum absolute atomic E-state index is 0.168. The number of imide groups is 1. The fourth-order valence-corrected chi connectivity index (χ4v) is 4.46. The van der Waals surface area contributed by atoms with Crippen molar-refractivity contribution >= 4 is 17.7 Å². The van der Waals surface area contributed by atoms with E-state index in [9.17, 15) is 14.4 Å². The molecule has 5 rings (SSSR count). The molecule has 1 saturated heterocycles. The fourth-order valence-electron chi connectivity index (χ4n) is 4.46. The van der Waals surface area contributed by atoms with Gasteiger partial charge in [-0.05, 0) is 38.0 Å². The molecule has 2 aliphatic rings. The van der Waals surface area contributed by atoms with Gasteiger partial charge in [-0.15, -0.1) is 0 Å². The maximum atomic E-state index is 12.9. The van der Waals surface area contributed by atoms with Crippen molar-refractivity contribution < 1.29 is 14.4 Å². The molecule has 1 fully saturated rings. The molecule has 0 saturated carbocycles. The molecule has 3 heterocycles. The molecule has 1 atom stereocenters. The molecule has 32 heavy (non-hydrogen) atoms. The predicted octanol–water partition coefficient (Wildman–Crippen LogP) is 3.56. The number of carbonyl (C=O) groups is 3. The molecule has 0 bridgehead atoms. The van der Waals surface area contributed by atoms with Crippen molar-refractivity contribution in [2.75, 3.05) is 0 Å². The van der Waals surface area contributed by atoms with E-state index in [0.29, 0.717) is 18.5 Å². The van der Waals surface area contributed by atoms with Crippen LogP contribution in [0.15, 0.2) is 54.7 Å². The third-order valence-electron chi connectivity index (χ3n) is 6.14. The molecule has 3 aromatic rings. The average molecular weight is 428 g/mol. The van der Waals surface area contributed by atoms with E-state index in [2.05, 4.69) is 23.7 Å². The van der Waals surface area contributed by atoms with E-state index in [1.165, 1.54) is 0 Å². The van der Waals surface area contributed by atoms with Crippen molar-refractivity contribution in [3.05, 3.63) is 65.9 Å². The highest BCUT2D eigenvalue weighted by Crippen LogP contribution is 2.33. The van der Waals surface area contributed by atoms with Crippen LogP contribution in [-0.4, -0.2) is 38.2 Å². The lowest BCUT2D eigenvalue weighted by atomic mass is 10.0. The summed E-state index contributed by atoms with van der Waals surface area (Å²) in [7, 11) is 0. The minimum atomic E-state index is -0.610.